The van der Waals surface area contributed by atoms with Gasteiger partial charge in [0.05, 0.1) is 24.1 Å². The van der Waals surface area contributed by atoms with Crippen LogP contribution < -0.4 is 16.4 Å². The van der Waals surface area contributed by atoms with E-state index in [9.17, 15) is 28.2 Å². The van der Waals surface area contributed by atoms with Crippen LogP contribution in [-0.4, -0.2) is 73.1 Å². The van der Waals surface area contributed by atoms with Gasteiger partial charge in [-0.25, -0.2) is 8.42 Å². The molecule has 0 bridgehead atoms. The van der Waals surface area contributed by atoms with Gasteiger partial charge in [-0.3, -0.25) is 14.9 Å². The van der Waals surface area contributed by atoms with E-state index in [-0.39, 0.29) is 43.0 Å². The van der Waals surface area contributed by atoms with E-state index < -0.39 is 28.1 Å². The highest BCUT2D eigenvalue weighted by atomic mass is 32.2. The number of carbonyl (C=O) groups excluding carboxylic acids is 1. The van der Waals surface area contributed by atoms with Crippen LogP contribution in [0.25, 0.3) is 10.8 Å². The average Bonchev–Trinajstić information content (AvgIpc) is 2.94. The van der Waals surface area contributed by atoms with Crippen LogP contribution in [0.5, 0.6) is 0 Å². The Morgan fingerprint density at radius 1 is 1.00 bits per heavy atom. The van der Waals surface area contributed by atoms with Crippen LogP contribution in [-0.2, 0) is 26.0 Å². The van der Waals surface area contributed by atoms with Crippen LogP contribution in [0, 0.1) is 5.92 Å². The van der Waals surface area contributed by atoms with Crippen LogP contribution >= 0.6 is 0 Å². The number of nitrogen functional groups attached to an aromatic ring is 1. The molecule has 2 atom stereocenters. The minimum absolute atomic E-state index is 0.0162. The molecule has 3 rings (SSSR count). The average molecular weight is 585 g/mol. The SMILES string of the molecule is CC(C)CN(C(CO)CCCNC(=O)C(Cc1cccc2ccccc12)NCC(=O)O)S(=O)(=O)c1ccc(N)cc1. The smallest absolute Gasteiger partial charge is 0.317 e. The molecule has 0 aliphatic rings. The molecule has 0 aliphatic heterocycles. The normalized spacial score (nSPS) is 13.4. The number of fused-ring (bicyclic) bond motifs is 1. The number of nitrogens with one attached hydrogen (secondary N) is 2. The van der Waals surface area contributed by atoms with Crippen molar-refractivity contribution in [2.24, 2.45) is 5.92 Å². The fourth-order valence-electron chi connectivity index (χ4n) is 4.74. The van der Waals surface area contributed by atoms with Crippen molar-refractivity contribution in [3.8, 4) is 0 Å². The lowest BCUT2D eigenvalue weighted by Gasteiger charge is -2.31. The number of nitrogens with two attached hydrogens (primary N) is 1. The quantitative estimate of drug-likeness (QED) is 0.127. The van der Waals surface area contributed by atoms with Gasteiger partial charge in [-0.05, 0) is 65.8 Å². The monoisotopic (exact) mass is 584 g/mol. The second kappa shape index (κ2) is 14.9. The van der Waals surface area contributed by atoms with Gasteiger partial charge in [0, 0.05) is 24.8 Å². The van der Waals surface area contributed by atoms with Gasteiger partial charge >= 0.3 is 5.97 Å². The molecule has 0 fully saturated rings. The molecule has 1 amide bonds. The molecule has 0 saturated heterocycles. The van der Waals surface area contributed by atoms with E-state index in [2.05, 4.69) is 10.6 Å². The van der Waals surface area contributed by atoms with Crippen LogP contribution in [0.4, 0.5) is 5.69 Å². The van der Waals surface area contributed by atoms with Crippen molar-refractivity contribution in [3.05, 3.63) is 72.3 Å². The number of aliphatic hydroxyl groups excluding tert-OH is 1. The third-order valence-corrected chi connectivity index (χ3v) is 8.72. The third-order valence-electron chi connectivity index (χ3n) is 6.78. The lowest BCUT2D eigenvalue weighted by molar-refractivity contribution is -0.136. The first kappa shape index (κ1) is 32.0. The highest BCUT2D eigenvalue weighted by Crippen LogP contribution is 2.23. The third kappa shape index (κ3) is 8.99. The number of hydrogen-bond donors (Lipinski definition) is 5. The van der Waals surface area contributed by atoms with Crippen molar-refractivity contribution in [2.75, 3.05) is 32.0 Å². The number of rotatable bonds is 16. The maximum atomic E-state index is 13.5. The zero-order valence-electron chi connectivity index (χ0n) is 23.5. The molecule has 3 aromatic rings. The summed E-state index contributed by atoms with van der Waals surface area (Å²) in [6.07, 6.45) is 1.01. The molecule has 0 aliphatic carbocycles. The Morgan fingerprint density at radius 2 is 1.68 bits per heavy atom. The summed E-state index contributed by atoms with van der Waals surface area (Å²) in [5.41, 5.74) is 7.09. The number of nitrogens with zero attached hydrogens (tertiary/aromatic N) is 1. The van der Waals surface area contributed by atoms with Crippen molar-refractivity contribution in [1.29, 1.82) is 0 Å². The van der Waals surface area contributed by atoms with E-state index in [1.165, 1.54) is 28.6 Å². The summed E-state index contributed by atoms with van der Waals surface area (Å²) in [4.78, 5) is 24.4. The summed E-state index contributed by atoms with van der Waals surface area (Å²) in [7, 11) is -3.89. The number of aliphatic carboxylic acids is 1. The van der Waals surface area contributed by atoms with E-state index >= 15 is 0 Å². The number of aliphatic hydroxyl groups is 1. The molecule has 0 spiro atoms. The van der Waals surface area contributed by atoms with Crippen molar-refractivity contribution < 1.29 is 28.2 Å². The summed E-state index contributed by atoms with van der Waals surface area (Å²) in [6.45, 7) is 3.51. The summed E-state index contributed by atoms with van der Waals surface area (Å²) in [6, 6.07) is 18.1. The van der Waals surface area contributed by atoms with Crippen LogP contribution in [0.3, 0.4) is 0 Å². The largest absolute Gasteiger partial charge is 0.480 e. The molecular formula is C30H40N4O6S. The minimum atomic E-state index is -3.89. The summed E-state index contributed by atoms with van der Waals surface area (Å²) in [5.74, 6) is -1.41. The Kier molecular flexibility index (Phi) is 11.7. The number of sulfonamides is 1. The van der Waals surface area contributed by atoms with Crippen molar-refractivity contribution >= 4 is 38.4 Å². The fraction of sp³-hybridized carbons (Fsp3) is 0.400. The second-order valence-corrected chi connectivity index (χ2v) is 12.4. The highest BCUT2D eigenvalue weighted by molar-refractivity contribution is 7.89. The lowest BCUT2D eigenvalue weighted by atomic mass is 9.98. The number of carboxylic acid groups (broad SMARTS) is 1. The topological polar surface area (TPSA) is 162 Å². The number of anilines is 1. The Hall–Kier alpha value is -3.51. The standard InChI is InChI=1S/C30H40N4O6S/c1-21(2)19-34(41(39,40)26-14-12-24(31)13-15-26)25(20-35)10-6-16-32-30(38)28(33-18-29(36)37)17-23-9-5-8-22-7-3-4-11-27(22)23/h3-5,7-9,11-15,21,25,28,33,35H,6,10,16-20,31H2,1-2H3,(H,32,38)(H,36,37). The van der Waals surface area contributed by atoms with Gasteiger partial charge in [0.15, 0.2) is 0 Å². The van der Waals surface area contributed by atoms with E-state index in [1.807, 2.05) is 56.3 Å². The Balaban J connectivity index is 1.67. The van der Waals surface area contributed by atoms with Gasteiger partial charge in [0.25, 0.3) is 0 Å². The Labute approximate surface area is 241 Å². The summed E-state index contributed by atoms with van der Waals surface area (Å²) >= 11 is 0. The minimum Gasteiger partial charge on any atom is -0.480 e. The predicted octanol–water partition coefficient (Wildman–Crippen LogP) is 2.61. The first-order chi connectivity index (χ1) is 19.5. The number of amides is 1. The Bertz CT molecular complexity index is 1410. The molecule has 2 unspecified atom stereocenters. The first-order valence-electron chi connectivity index (χ1n) is 13.7. The van der Waals surface area contributed by atoms with Gasteiger partial charge in [0.2, 0.25) is 15.9 Å². The molecule has 10 nitrogen and oxygen atoms in total. The van der Waals surface area contributed by atoms with Gasteiger partial charge in [-0.15, -0.1) is 0 Å². The van der Waals surface area contributed by atoms with Gasteiger partial charge in [0.1, 0.15) is 0 Å². The van der Waals surface area contributed by atoms with Gasteiger partial charge in [-0.2, -0.15) is 4.31 Å². The summed E-state index contributed by atoms with van der Waals surface area (Å²) in [5, 5.41) is 27.0. The summed E-state index contributed by atoms with van der Waals surface area (Å²) < 4.78 is 28.2. The molecule has 11 heteroatoms. The predicted molar refractivity (Wildman–Crippen MR) is 160 cm³/mol. The van der Waals surface area contributed by atoms with E-state index in [0.717, 1.165) is 16.3 Å². The van der Waals surface area contributed by atoms with E-state index in [1.54, 1.807) is 0 Å². The number of hydrogen-bond acceptors (Lipinski definition) is 7. The lowest BCUT2D eigenvalue weighted by Crippen LogP contribution is -2.48. The maximum absolute atomic E-state index is 13.5. The maximum Gasteiger partial charge on any atom is 0.317 e. The number of carbonyl (C=O) groups is 2. The first-order valence-corrected chi connectivity index (χ1v) is 15.1. The molecule has 0 saturated carbocycles. The van der Waals surface area contributed by atoms with Crippen LogP contribution in [0.2, 0.25) is 0 Å². The molecule has 0 heterocycles. The van der Waals surface area contributed by atoms with Crippen LogP contribution in [0.15, 0.2) is 71.6 Å². The zero-order chi connectivity index (χ0) is 30.0. The molecule has 6 N–H and O–H groups in total. The van der Waals surface area contributed by atoms with Gasteiger partial charge in [-0.1, -0.05) is 56.3 Å². The number of benzene rings is 3. The van der Waals surface area contributed by atoms with Crippen LogP contribution in [0.1, 0.15) is 32.3 Å². The van der Waals surface area contributed by atoms with E-state index in [0.29, 0.717) is 24.9 Å². The number of carboxylic acids is 1. The van der Waals surface area contributed by atoms with E-state index in [4.69, 9.17) is 5.73 Å². The zero-order valence-corrected chi connectivity index (χ0v) is 24.3. The van der Waals surface area contributed by atoms with Crippen molar-refractivity contribution in [2.45, 2.75) is 50.1 Å². The molecule has 0 radical (unpaired) electrons. The van der Waals surface area contributed by atoms with Gasteiger partial charge < -0.3 is 21.3 Å². The second-order valence-electron chi connectivity index (χ2n) is 10.5. The Morgan fingerprint density at radius 3 is 2.34 bits per heavy atom. The van der Waals surface area contributed by atoms with Crippen molar-refractivity contribution in [1.82, 2.24) is 14.9 Å². The highest BCUT2D eigenvalue weighted by Gasteiger charge is 2.31. The molecule has 222 valence electrons. The fourth-order valence-corrected chi connectivity index (χ4v) is 6.55. The molecular weight excluding hydrogens is 544 g/mol. The molecule has 41 heavy (non-hydrogen) atoms. The molecule has 0 aromatic heterocycles. The van der Waals surface area contributed by atoms with Crippen molar-refractivity contribution in [3.63, 3.8) is 0 Å². The molecule has 3 aromatic carbocycles.